The van der Waals surface area contributed by atoms with Crippen LogP contribution in [-0.2, 0) is 28.6 Å². The van der Waals surface area contributed by atoms with Gasteiger partial charge in [0, 0.05) is 36.3 Å². The first kappa shape index (κ1) is 26.2. The number of esters is 3. The Kier molecular flexibility index (Phi) is 7.46. The van der Waals surface area contributed by atoms with Crippen LogP contribution in [0.4, 0.5) is 0 Å². The Balaban J connectivity index is 2.17. The molecular formula is C27H38O7. The summed E-state index contributed by atoms with van der Waals surface area (Å²) in [5.74, 6) is -0.787. The van der Waals surface area contributed by atoms with E-state index >= 15 is 0 Å². The fourth-order valence-corrected chi connectivity index (χ4v) is 5.53. The third-order valence-corrected chi connectivity index (χ3v) is 7.52. The summed E-state index contributed by atoms with van der Waals surface area (Å²) < 4.78 is 17.5. The fraction of sp³-hybridized carbons (Fsp3) is 0.667. The van der Waals surface area contributed by atoms with E-state index in [2.05, 4.69) is 6.08 Å². The van der Waals surface area contributed by atoms with Gasteiger partial charge in [-0.1, -0.05) is 32.4 Å². The summed E-state index contributed by atoms with van der Waals surface area (Å²) in [5, 5.41) is 11.1. The normalized spacial score (nSPS) is 35.4. The molecule has 0 aromatic rings. The Morgan fingerprint density at radius 3 is 2.50 bits per heavy atom. The summed E-state index contributed by atoms with van der Waals surface area (Å²) in [6.45, 7) is 12.7. The van der Waals surface area contributed by atoms with Crippen LogP contribution < -0.4 is 0 Å². The highest BCUT2D eigenvalue weighted by molar-refractivity contribution is 5.94. The number of carbonyl (C=O) groups excluding carboxylic acids is 3. The number of allylic oxidation sites excluding steroid dienone is 2. The summed E-state index contributed by atoms with van der Waals surface area (Å²) in [7, 11) is 0. The highest BCUT2D eigenvalue weighted by atomic mass is 16.6. The molecule has 0 saturated heterocycles. The van der Waals surface area contributed by atoms with Gasteiger partial charge in [0.1, 0.15) is 18.0 Å². The minimum atomic E-state index is -1.28. The van der Waals surface area contributed by atoms with Crippen LogP contribution in [0.2, 0.25) is 0 Å². The highest BCUT2D eigenvalue weighted by Gasteiger charge is 2.54. The van der Waals surface area contributed by atoms with Crippen molar-refractivity contribution in [1.29, 1.82) is 0 Å². The van der Waals surface area contributed by atoms with Crippen LogP contribution in [-0.4, -0.2) is 40.8 Å². The van der Waals surface area contributed by atoms with E-state index in [1.807, 2.05) is 27.7 Å². The van der Waals surface area contributed by atoms with Crippen molar-refractivity contribution in [3.05, 3.63) is 34.6 Å². The lowest BCUT2D eigenvalue weighted by Crippen LogP contribution is -2.54. The minimum Gasteiger partial charge on any atom is -0.462 e. The average molecular weight is 475 g/mol. The van der Waals surface area contributed by atoms with Crippen molar-refractivity contribution in [3.8, 4) is 0 Å². The van der Waals surface area contributed by atoms with Crippen LogP contribution in [0.5, 0.6) is 0 Å². The molecule has 1 heterocycles. The summed E-state index contributed by atoms with van der Waals surface area (Å²) in [4.78, 5) is 37.4. The Hall–Kier alpha value is -2.41. The summed E-state index contributed by atoms with van der Waals surface area (Å²) in [5.41, 5.74) is 0.261. The van der Waals surface area contributed by atoms with Crippen molar-refractivity contribution < 1.29 is 33.7 Å². The molecule has 3 aliphatic rings. The van der Waals surface area contributed by atoms with Gasteiger partial charge < -0.3 is 19.3 Å². The Morgan fingerprint density at radius 1 is 1.21 bits per heavy atom. The third-order valence-electron chi connectivity index (χ3n) is 7.52. The molecule has 0 aromatic carbocycles. The van der Waals surface area contributed by atoms with Gasteiger partial charge in [-0.15, -0.1) is 0 Å². The third kappa shape index (κ3) is 5.29. The molecule has 0 saturated carbocycles. The number of aliphatic hydroxyl groups is 1. The van der Waals surface area contributed by atoms with Gasteiger partial charge in [-0.3, -0.25) is 9.59 Å². The smallest absolute Gasteiger partial charge is 0.339 e. The van der Waals surface area contributed by atoms with E-state index in [1.165, 1.54) is 6.92 Å². The molecule has 5 atom stereocenters. The summed E-state index contributed by atoms with van der Waals surface area (Å²) >= 11 is 0. The Bertz CT molecular complexity index is 952. The van der Waals surface area contributed by atoms with Crippen LogP contribution in [0, 0.1) is 17.3 Å². The maximum absolute atomic E-state index is 12.8. The largest absolute Gasteiger partial charge is 0.462 e. The lowest BCUT2D eigenvalue weighted by Gasteiger charge is -2.50. The van der Waals surface area contributed by atoms with Crippen molar-refractivity contribution in [2.24, 2.45) is 17.3 Å². The molecule has 0 fully saturated rings. The number of ether oxygens (including phenoxy) is 3. The first-order chi connectivity index (χ1) is 15.7. The topological polar surface area (TPSA) is 99.1 Å². The SMILES string of the molecule is CC(=O)O[C@H]1CC=C(C)[C@@H]2CC3=C(C)C(=O)O/C3=C/C(C)(O)CC[C@H](OC(=O)CC(C)C)[C@@]12C. The predicted molar refractivity (Wildman–Crippen MR) is 126 cm³/mol. The van der Waals surface area contributed by atoms with E-state index < -0.39 is 35.2 Å². The van der Waals surface area contributed by atoms with Gasteiger partial charge in [0.15, 0.2) is 0 Å². The molecule has 34 heavy (non-hydrogen) atoms. The molecule has 1 aliphatic heterocycles. The van der Waals surface area contributed by atoms with Gasteiger partial charge in [-0.25, -0.2) is 4.79 Å². The van der Waals surface area contributed by atoms with E-state index in [9.17, 15) is 19.5 Å². The quantitative estimate of drug-likeness (QED) is 0.363. The van der Waals surface area contributed by atoms with E-state index in [0.717, 1.165) is 11.1 Å². The molecule has 0 aromatic heterocycles. The number of carbonyl (C=O) groups is 3. The fourth-order valence-electron chi connectivity index (χ4n) is 5.53. The molecule has 0 spiro atoms. The monoisotopic (exact) mass is 474 g/mol. The zero-order valence-electron chi connectivity index (χ0n) is 21.4. The maximum atomic E-state index is 12.8. The second kappa shape index (κ2) is 9.68. The predicted octanol–water partition coefficient (Wildman–Crippen LogP) is 4.54. The van der Waals surface area contributed by atoms with E-state index in [4.69, 9.17) is 14.2 Å². The Morgan fingerprint density at radius 2 is 1.88 bits per heavy atom. The van der Waals surface area contributed by atoms with Gasteiger partial charge in [-0.05, 0) is 57.9 Å². The van der Waals surface area contributed by atoms with Gasteiger partial charge in [-0.2, -0.15) is 0 Å². The van der Waals surface area contributed by atoms with E-state index in [-0.39, 0.29) is 30.6 Å². The summed E-state index contributed by atoms with van der Waals surface area (Å²) in [6, 6.07) is 0. The van der Waals surface area contributed by atoms with Gasteiger partial charge in [0.05, 0.1) is 5.60 Å². The lowest BCUT2D eigenvalue weighted by atomic mass is 9.59. The van der Waals surface area contributed by atoms with Crippen LogP contribution >= 0.6 is 0 Å². The van der Waals surface area contributed by atoms with Crippen LogP contribution in [0.3, 0.4) is 0 Å². The van der Waals surface area contributed by atoms with Crippen molar-refractivity contribution in [1.82, 2.24) is 0 Å². The molecule has 1 unspecified atom stereocenters. The molecule has 188 valence electrons. The van der Waals surface area contributed by atoms with Crippen molar-refractivity contribution in [2.45, 2.75) is 98.4 Å². The number of fused-ring (bicyclic) bond motifs is 2. The molecular weight excluding hydrogens is 436 g/mol. The first-order valence-electron chi connectivity index (χ1n) is 12.2. The molecule has 2 aliphatic carbocycles. The zero-order valence-corrected chi connectivity index (χ0v) is 21.4. The first-order valence-corrected chi connectivity index (χ1v) is 12.2. The van der Waals surface area contributed by atoms with Gasteiger partial charge >= 0.3 is 17.9 Å². The molecule has 7 nitrogen and oxygen atoms in total. The van der Waals surface area contributed by atoms with Crippen molar-refractivity contribution >= 4 is 17.9 Å². The molecule has 0 radical (unpaired) electrons. The highest BCUT2D eigenvalue weighted by Crippen LogP contribution is 2.52. The van der Waals surface area contributed by atoms with Crippen LogP contribution in [0.25, 0.3) is 0 Å². The molecule has 0 amide bonds. The number of hydrogen-bond donors (Lipinski definition) is 1. The van der Waals surface area contributed by atoms with Crippen molar-refractivity contribution in [3.63, 3.8) is 0 Å². The maximum Gasteiger partial charge on any atom is 0.339 e. The van der Waals surface area contributed by atoms with Crippen molar-refractivity contribution in [2.75, 3.05) is 0 Å². The lowest BCUT2D eigenvalue weighted by molar-refractivity contribution is -0.181. The second-order valence-corrected chi connectivity index (χ2v) is 10.9. The van der Waals surface area contributed by atoms with Crippen LogP contribution in [0.1, 0.15) is 80.6 Å². The minimum absolute atomic E-state index is 0.135. The van der Waals surface area contributed by atoms with E-state index in [0.29, 0.717) is 30.6 Å². The van der Waals surface area contributed by atoms with E-state index in [1.54, 1.807) is 19.9 Å². The number of rotatable bonds is 4. The zero-order chi connectivity index (χ0) is 25.4. The molecule has 1 N–H and O–H groups in total. The van der Waals surface area contributed by atoms with Crippen LogP contribution in [0.15, 0.2) is 34.6 Å². The second-order valence-electron chi connectivity index (χ2n) is 10.9. The summed E-state index contributed by atoms with van der Waals surface area (Å²) in [6.07, 6.45) is 4.39. The average Bonchev–Trinajstić information content (AvgIpc) is 2.95. The molecule has 3 rings (SSSR count). The van der Waals surface area contributed by atoms with Gasteiger partial charge in [0.25, 0.3) is 0 Å². The molecule has 7 heteroatoms. The molecule has 0 bridgehead atoms. The van der Waals surface area contributed by atoms with Gasteiger partial charge in [0.2, 0.25) is 0 Å². The Labute approximate surface area is 202 Å². The standard InChI is InChI=1S/C27H38O7/c1-15(2)12-24(29)34-23-10-11-26(6,31)14-21-19(17(4)25(30)33-21)13-20-16(3)8-9-22(27(20,23)7)32-18(5)28/h8,14-15,20,22-23,31H,9-13H2,1-7H3/b21-14+/t20-,22-,23-,26?,27+/m0/s1. The number of hydrogen-bond acceptors (Lipinski definition) is 7.